The fourth-order valence-corrected chi connectivity index (χ4v) is 2.26. The number of amides is 1. The Morgan fingerprint density at radius 3 is 2.35 bits per heavy atom. The maximum atomic E-state index is 11.9. The second-order valence-electron chi connectivity index (χ2n) is 6.60. The molecule has 0 aliphatic carbocycles. The average Bonchev–Trinajstić information content (AvgIpc) is 2.44. The van der Waals surface area contributed by atoms with Crippen molar-refractivity contribution in [2.75, 3.05) is 6.54 Å². The van der Waals surface area contributed by atoms with Crippen LogP contribution in [-0.2, 0) is 16.0 Å². The normalized spacial score (nSPS) is 13.7. The van der Waals surface area contributed by atoms with E-state index in [0.29, 0.717) is 6.42 Å². The summed E-state index contributed by atoms with van der Waals surface area (Å²) in [7, 11) is 0. The highest BCUT2D eigenvalue weighted by Gasteiger charge is 2.38. The predicted molar refractivity (Wildman–Crippen MR) is 89.3 cm³/mol. The third-order valence-corrected chi connectivity index (χ3v) is 3.34. The van der Waals surface area contributed by atoms with E-state index in [4.69, 9.17) is 4.74 Å². The third kappa shape index (κ3) is 6.14. The third-order valence-electron chi connectivity index (χ3n) is 3.34. The molecule has 1 rings (SSSR count). The number of allylic oxidation sites excluding steroid dienone is 1. The van der Waals surface area contributed by atoms with Gasteiger partial charge in [0.2, 0.25) is 0 Å². The molecule has 1 aromatic carbocycles. The van der Waals surface area contributed by atoms with Gasteiger partial charge in [-0.25, -0.2) is 4.79 Å². The highest BCUT2D eigenvalue weighted by atomic mass is 16.6. The van der Waals surface area contributed by atoms with Gasteiger partial charge in [0.05, 0.1) is 5.41 Å². The molecular weight excluding hydrogens is 294 g/mol. The maximum Gasteiger partial charge on any atom is 0.407 e. The first-order valence-corrected chi connectivity index (χ1v) is 7.54. The number of aliphatic carboxylic acids is 1. The van der Waals surface area contributed by atoms with Gasteiger partial charge in [-0.1, -0.05) is 36.4 Å². The first-order valence-electron chi connectivity index (χ1n) is 7.54. The Morgan fingerprint density at radius 1 is 1.26 bits per heavy atom. The highest BCUT2D eigenvalue weighted by molar-refractivity contribution is 5.77. The standard InChI is InChI=1S/C18H25NO4/c1-5-11-18(15(20)21,12-14-9-7-6-8-10-14)13-19-16(22)23-17(2,3)4/h5-10H,1,11-13H2,2-4H3,(H,19,22)(H,20,21)/t18-/m0/s1. The van der Waals surface area contributed by atoms with Crippen molar-refractivity contribution in [2.45, 2.75) is 39.2 Å². The van der Waals surface area contributed by atoms with Crippen LogP contribution in [0.2, 0.25) is 0 Å². The molecular formula is C18H25NO4. The van der Waals surface area contributed by atoms with Crippen LogP contribution in [0.25, 0.3) is 0 Å². The van der Waals surface area contributed by atoms with Crippen molar-refractivity contribution in [1.29, 1.82) is 0 Å². The fourth-order valence-electron chi connectivity index (χ4n) is 2.26. The molecule has 5 heteroatoms. The number of benzene rings is 1. The number of carboxylic acid groups (broad SMARTS) is 1. The molecule has 0 aliphatic heterocycles. The van der Waals surface area contributed by atoms with Crippen molar-refractivity contribution >= 4 is 12.1 Å². The Labute approximate surface area is 137 Å². The molecule has 1 atom stereocenters. The molecule has 0 aromatic heterocycles. The highest BCUT2D eigenvalue weighted by Crippen LogP contribution is 2.28. The zero-order valence-electron chi connectivity index (χ0n) is 14.0. The summed E-state index contributed by atoms with van der Waals surface area (Å²) in [5.74, 6) is -0.975. The minimum atomic E-state index is -1.15. The number of nitrogens with one attached hydrogen (secondary N) is 1. The van der Waals surface area contributed by atoms with Crippen LogP contribution in [0.15, 0.2) is 43.0 Å². The quantitative estimate of drug-likeness (QED) is 0.755. The van der Waals surface area contributed by atoms with Crippen LogP contribution in [-0.4, -0.2) is 29.3 Å². The van der Waals surface area contributed by atoms with E-state index in [9.17, 15) is 14.7 Å². The number of carbonyl (C=O) groups excluding carboxylic acids is 1. The molecule has 1 amide bonds. The van der Waals surface area contributed by atoms with Crippen LogP contribution in [0, 0.1) is 5.41 Å². The lowest BCUT2D eigenvalue weighted by Gasteiger charge is -2.29. The monoisotopic (exact) mass is 319 g/mol. The summed E-state index contributed by atoms with van der Waals surface area (Å²) in [5.41, 5.74) is -0.892. The van der Waals surface area contributed by atoms with Gasteiger partial charge < -0.3 is 15.2 Å². The van der Waals surface area contributed by atoms with Crippen molar-refractivity contribution in [1.82, 2.24) is 5.32 Å². The van der Waals surface area contributed by atoms with Crippen LogP contribution in [0.3, 0.4) is 0 Å². The summed E-state index contributed by atoms with van der Waals surface area (Å²) < 4.78 is 5.17. The number of ether oxygens (including phenoxy) is 1. The Balaban J connectivity index is 2.89. The van der Waals surface area contributed by atoms with E-state index in [1.54, 1.807) is 26.8 Å². The number of carboxylic acids is 1. The van der Waals surface area contributed by atoms with E-state index in [1.165, 1.54) is 0 Å². The van der Waals surface area contributed by atoms with E-state index in [-0.39, 0.29) is 13.0 Å². The van der Waals surface area contributed by atoms with E-state index in [2.05, 4.69) is 11.9 Å². The van der Waals surface area contributed by atoms with Gasteiger partial charge >= 0.3 is 12.1 Å². The summed E-state index contributed by atoms with van der Waals surface area (Å²) in [5, 5.41) is 12.3. The number of carbonyl (C=O) groups is 2. The van der Waals surface area contributed by atoms with Gasteiger partial charge in [-0.3, -0.25) is 4.79 Å². The molecule has 0 saturated carbocycles. The second kappa shape index (κ2) is 7.81. The van der Waals surface area contributed by atoms with E-state index < -0.39 is 23.1 Å². The first-order chi connectivity index (χ1) is 10.7. The van der Waals surface area contributed by atoms with Gasteiger partial charge in [0.25, 0.3) is 0 Å². The fraction of sp³-hybridized carbons (Fsp3) is 0.444. The van der Waals surface area contributed by atoms with Crippen LogP contribution in [0.4, 0.5) is 4.79 Å². The maximum absolute atomic E-state index is 11.9. The van der Waals surface area contributed by atoms with Crippen LogP contribution in [0.1, 0.15) is 32.8 Å². The lowest BCUT2D eigenvalue weighted by atomic mass is 9.78. The molecule has 126 valence electrons. The molecule has 0 aliphatic rings. The van der Waals surface area contributed by atoms with E-state index in [1.807, 2.05) is 30.3 Å². The summed E-state index contributed by atoms with van der Waals surface area (Å²) in [6.07, 6.45) is 1.48. The second-order valence-corrected chi connectivity index (χ2v) is 6.60. The Kier molecular flexibility index (Phi) is 6.37. The van der Waals surface area contributed by atoms with Gasteiger partial charge in [0.15, 0.2) is 0 Å². The largest absolute Gasteiger partial charge is 0.481 e. The summed E-state index contributed by atoms with van der Waals surface area (Å²) in [4.78, 5) is 23.7. The number of hydrogen-bond donors (Lipinski definition) is 2. The molecule has 0 unspecified atom stereocenters. The topological polar surface area (TPSA) is 75.6 Å². The summed E-state index contributed by atoms with van der Waals surface area (Å²) in [6, 6.07) is 9.33. The van der Waals surface area contributed by atoms with Gasteiger partial charge in [-0.2, -0.15) is 0 Å². The molecule has 2 N–H and O–H groups in total. The Hall–Kier alpha value is -2.30. The molecule has 5 nitrogen and oxygen atoms in total. The first kappa shape index (κ1) is 18.7. The lowest BCUT2D eigenvalue weighted by molar-refractivity contribution is -0.148. The number of alkyl carbamates (subject to hydrolysis) is 1. The minimum absolute atomic E-state index is 0.0296. The Bertz CT molecular complexity index is 548. The summed E-state index contributed by atoms with van der Waals surface area (Å²) in [6.45, 7) is 8.88. The molecule has 1 aromatic rings. The molecule has 0 fully saturated rings. The van der Waals surface area contributed by atoms with Gasteiger partial charge in [-0.05, 0) is 39.2 Å². The number of hydrogen-bond acceptors (Lipinski definition) is 3. The molecule has 23 heavy (non-hydrogen) atoms. The summed E-state index contributed by atoms with van der Waals surface area (Å²) >= 11 is 0. The van der Waals surface area contributed by atoms with Crippen LogP contribution >= 0.6 is 0 Å². The predicted octanol–water partition coefficient (Wildman–Crippen LogP) is 3.40. The molecule has 0 saturated heterocycles. The van der Waals surface area contributed by atoms with Crippen molar-refractivity contribution in [3.63, 3.8) is 0 Å². The van der Waals surface area contributed by atoms with Crippen LogP contribution < -0.4 is 5.32 Å². The average molecular weight is 319 g/mol. The van der Waals surface area contributed by atoms with Crippen molar-refractivity contribution < 1.29 is 19.4 Å². The van der Waals surface area contributed by atoms with Crippen molar-refractivity contribution in [3.8, 4) is 0 Å². The minimum Gasteiger partial charge on any atom is -0.481 e. The zero-order chi connectivity index (χ0) is 17.5. The zero-order valence-corrected chi connectivity index (χ0v) is 14.0. The molecule has 0 bridgehead atoms. The van der Waals surface area contributed by atoms with Gasteiger partial charge in [0, 0.05) is 6.54 Å². The van der Waals surface area contributed by atoms with Crippen LogP contribution in [0.5, 0.6) is 0 Å². The van der Waals surface area contributed by atoms with E-state index in [0.717, 1.165) is 5.56 Å². The number of rotatable bonds is 7. The Morgan fingerprint density at radius 2 is 1.87 bits per heavy atom. The van der Waals surface area contributed by atoms with E-state index >= 15 is 0 Å². The molecule has 0 radical (unpaired) electrons. The van der Waals surface area contributed by atoms with Crippen molar-refractivity contribution in [3.05, 3.63) is 48.6 Å². The van der Waals surface area contributed by atoms with Gasteiger partial charge in [0.1, 0.15) is 5.60 Å². The lowest BCUT2D eigenvalue weighted by Crippen LogP contribution is -2.45. The smallest absolute Gasteiger partial charge is 0.407 e. The van der Waals surface area contributed by atoms with Gasteiger partial charge in [-0.15, -0.1) is 6.58 Å². The van der Waals surface area contributed by atoms with Crippen molar-refractivity contribution in [2.24, 2.45) is 5.41 Å². The molecule has 0 spiro atoms. The molecule has 0 heterocycles. The SMILES string of the molecule is C=CC[C@@](CNC(=O)OC(C)(C)C)(Cc1ccccc1)C(=O)O.